The van der Waals surface area contributed by atoms with Crippen LogP contribution >= 0.6 is 11.6 Å². The molecule has 1 aliphatic rings. The van der Waals surface area contributed by atoms with Crippen LogP contribution in [0.25, 0.3) is 6.08 Å². The van der Waals surface area contributed by atoms with Crippen LogP contribution in [0, 0.1) is 0 Å². The third kappa shape index (κ3) is 4.41. The number of hydrogen-bond donors (Lipinski definition) is 1. The van der Waals surface area contributed by atoms with Crippen LogP contribution in [0.15, 0.2) is 48.0 Å². The lowest BCUT2D eigenvalue weighted by Gasteiger charge is -2.26. The maximum atomic E-state index is 12.8. The van der Waals surface area contributed by atoms with E-state index in [0.717, 1.165) is 4.90 Å². The number of carbonyl (C=O) groups excluding carboxylic acids is 4. The van der Waals surface area contributed by atoms with E-state index in [-0.39, 0.29) is 22.8 Å². The van der Waals surface area contributed by atoms with E-state index in [1.807, 2.05) is 0 Å². The molecule has 0 atom stereocenters. The van der Waals surface area contributed by atoms with Gasteiger partial charge in [0, 0.05) is 5.02 Å². The number of carboxylic acids is 1. The zero-order valence-corrected chi connectivity index (χ0v) is 16.3. The lowest BCUT2D eigenvalue weighted by Crippen LogP contribution is -2.54. The Morgan fingerprint density at radius 1 is 1.13 bits per heavy atom. The number of carboxylic acid groups (broad SMARTS) is 1. The summed E-state index contributed by atoms with van der Waals surface area (Å²) in [5.74, 6) is -2.76. The van der Waals surface area contributed by atoms with Crippen LogP contribution in [0.1, 0.15) is 5.56 Å². The van der Waals surface area contributed by atoms with Crippen molar-refractivity contribution in [1.29, 1.82) is 0 Å². The highest BCUT2D eigenvalue weighted by Crippen LogP contribution is 2.30. The fourth-order valence-electron chi connectivity index (χ4n) is 2.68. The number of amides is 4. The quantitative estimate of drug-likeness (QED) is 0.539. The van der Waals surface area contributed by atoms with E-state index in [2.05, 4.69) is 5.32 Å². The van der Waals surface area contributed by atoms with Gasteiger partial charge in [0.2, 0.25) is 0 Å². The number of barbiturate groups is 1. The lowest BCUT2D eigenvalue weighted by atomic mass is 10.1. The molecule has 0 aromatic heterocycles. The number of benzene rings is 2. The second-order valence-electron chi connectivity index (χ2n) is 6.01. The number of nitrogens with zero attached hydrogens (tertiary/aromatic N) is 1. The molecule has 0 unspecified atom stereocenters. The summed E-state index contributed by atoms with van der Waals surface area (Å²) in [6.07, 6.45) is 1.28. The average molecular weight is 430 g/mol. The van der Waals surface area contributed by atoms with Crippen molar-refractivity contribution in [1.82, 2.24) is 5.32 Å². The van der Waals surface area contributed by atoms with Gasteiger partial charge < -0.3 is 19.4 Å². The minimum Gasteiger partial charge on any atom is -0.546 e. The van der Waals surface area contributed by atoms with Gasteiger partial charge >= 0.3 is 6.03 Å². The number of aliphatic carboxylic acids is 1. The predicted molar refractivity (Wildman–Crippen MR) is 104 cm³/mol. The van der Waals surface area contributed by atoms with E-state index >= 15 is 0 Å². The summed E-state index contributed by atoms with van der Waals surface area (Å²) in [7, 11) is 1.34. The maximum absolute atomic E-state index is 12.8. The summed E-state index contributed by atoms with van der Waals surface area (Å²) >= 11 is 5.84. The summed E-state index contributed by atoms with van der Waals surface area (Å²) in [5, 5.41) is 13.1. The molecule has 1 fully saturated rings. The molecule has 2 aromatic carbocycles. The van der Waals surface area contributed by atoms with Gasteiger partial charge in [0.1, 0.15) is 12.2 Å². The van der Waals surface area contributed by atoms with Gasteiger partial charge in [0.05, 0.1) is 18.8 Å². The summed E-state index contributed by atoms with van der Waals surface area (Å²) < 4.78 is 10.2. The molecule has 1 heterocycles. The first-order valence-corrected chi connectivity index (χ1v) is 8.85. The summed E-state index contributed by atoms with van der Waals surface area (Å²) in [4.78, 5) is 48.7. The van der Waals surface area contributed by atoms with Gasteiger partial charge in [-0.15, -0.1) is 0 Å². The molecule has 10 heteroatoms. The lowest BCUT2D eigenvalue weighted by molar-refractivity contribution is -0.307. The standard InChI is InChI=1S/C20H15ClN2O7/c1-29-16-9-11(2-7-15(16)30-10-17(24)25)8-14-18(26)22-20(28)23(19(14)27)13-5-3-12(21)4-6-13/h2-9H,10H2,1H3,(H,24,25)(H,22,26,28)/p-1/b14-8+. The van der Waals surface area contributed by atoms with Gasteiger partial charge in [-0.1, -0.05) is 17.7 Å². The molecule has 1 saturated heterocycles. The van der Waals surface area contributed by atoms with Crippen molar-refractivity contribution < 1.29 is 33.8 Å². The van der Waals surface area contributed by atoms with Crippen molar-refractivity contribution in [3.8, 4) is 11.5 Å². The van der Waals surface area contributed by atoms with Crippen LogP contribution in [-0.4, -0.2) is 37.5 Å². The highest BCUT2D eigenvalue weighted by molar-refractivity contribution is 6.39. The molecule has 0 spiro atoms. The molecule has 0 aliphatic carbocycles. The van der Waals surface area contributed by atoms with Crippen molar-refractivity contribution >= 4 is 47.2 Å². The van der Waals surface area contributed by atoms with Crippen LogP contribution < -0.4 is 24.8 Å². The van der Waals surface area contributed by atoms with Crippen molar-refractivity contribution in [3.63, 3.8) is 0 Å². The molecule has 0 bridgehead atoms. The Balaban J connectivity index is 1.94. The molecule has 9 nitrogen and oxygen atoms in total. The zero-order chi connectivity index (χ0) is 21.8. The molecule has 0 saturated carbocycles. The van der Waals surface area contributed by atoms with Crippen LogP contribution in [0.3, 0.4) is 0 Å². The van der Waals surface area contributed by atoms with E-state index in [4.69, 9.17) is 21.1 Å². The highest BCUT2D eigenvalue weighted by Gasteiger charge is 2.36. The van der Waals surface area contributed by atoms with Crippen LogP contribution in [0.2, 0.25) is 5.02 Å². The van der Waals surface area contributed by atoms with Crippen LogP contribution in [0.4, 0.5) is 10.5 Å². The molecular weight excluding hydrogens is 416 g/mol. The molecule has 0 radical (unpaired) electrons. The minimum atomic E-state index is -1.40. The fraction of sp³-hybridized carbons (Fsp3) is 0.100. The Kier molecular flexibility index (Phi) is 6.03. The van der Waals surface area contributed by atoms with E-state index < -0.39 is 30.4 Å². The van der Waals surface area contributed by atoms with Crippen molar-refractivity contribution in [3.05, 3.63) is 58.6 Å². The van der Waals surface area contributed by atoms with Gasteiger partial charge in [-0.05, 0) is 48.0 Å². The summed E-state index contributed by atoms with van der Waals surface area (Å²) in [6, 6.07) is 9.43. The molecule has 1 N–H and O–H groups in total. The number of carbonyl (C=O) groups is 4. The predicted octanol–water partition coefficient (Wildman–Crippen LogP) is 1.14. The Labute approximate surface area is 175 Å². The Hall–Kier alpha value is -3.85. The molecule has 4 amide bonds. The number of methoxy groups -OCH3 is 1. The van der Waals surface area contributed by atoms with E-state index in [9.17, 15) is 24.3 Å². The van der Waals surface area contributed by atoms with Crippen molar-refractivity contribution in [2.24, 2.45) is 0 Å². The fourth-order valence-corrected chi connectivity index (χ4v) is 2.80. The van der Waals surface area contributed by atoms with Gasteiger partial charge in [0.25, 0.3) is 11.8 Å². The largest absolute Gasteiger partial charge is 0.546 e. The van der Waals surface area contributed by atoms with Gasteiger partial charge in [0.15, 0.2) is 11.5 Å². The Morgan fingerprint density at radius 3 is 2.47 bits per heavy atom. The Morgan fingerprint density at radius 2 is 1.83 bits per heavy atom. The van der Waals surface area contributed by atoms with E-state index in [0.29, 0.717) is 10.6 Å². The number of urea groups is 1. The van der Waals surface area contributed by atoms with E-state index in [1.165, 1.54) is 55.7 Å². The van der Waals surface area contributed by atoms with Crippen LogP contribution in [-0.2, 0) is 14.4 Å². The third-order valence-electron chi connectivity index (χ3n) is 4.03. The average Bonchev–Trinajstić information content (AvgIpc) is 2.71. The molecule has 2 aromatic rings. The van der Waals surface area contributed by atoms with E-state index in [1.54, 1.807) is 0 Å². The van der Waals surface area contributed by atoms with Gasteiger partial charge in [-0.2, -0.15) is 0 Å². The molecule has 154 valence electrons. The molecular formula is C20H14ClN2O7-. The second kappa shape index (κ2) is 8.66. The summed E-state index contributed by atoms with van der Waals surface area (Å²) in [6.45, 7) is -0.671. The minimum absolute atomic E-state index is 0.140. The first-order chi connectivity index (χ1) is 14.3. The van der Waals surface area contributed by atoms with Gasteiger partial charge in [-0.3, -0.25) is 14.9 Å². The number of rotatable bonds is 6. The maximum Gasteiger partial charge on any atom is 0.335 e. The summed E-state index contributed by atoms with van der Waals surface area (Å²) in [5.41, 5.74) is 0.343. The third-order valence-corrected chi connectivity index (χ3v) is 4.28. The SMILES string of the molecule is COc1cc(/C=C2\C(=O)NC(=O)N(c3ccc(Cl)cc3)C2=O)ccc1OCC(=O)[O-]. The molecule has 30 heavy (non-hydrogen) atoms. The topological polar surface area (TPSA) is 125 Å². The van der Waals surface area contributed by atoms with Gasteiger partial charge in [-0.25, -0.2) is 9.69 Å². The van der Waals surface area contributed by atoms with Crippen molar-refractivity contribution in [2.75, 3.05) is 18.6 Å². The highest BCUT2D eigenvalue weighted by atomic mass is 35.5. The number of halogens is 1. The first kappa shape index (κ1) is 20.9. The number of nitrogens with one attached hydrogen (secondary N) is 1. The second-order valence-corrected chi connectivity index (χ2v) is 6.44. The number of anilines is 1. The number of imide groups is 2. The van der Waals surface area contributed by atoms with Crippen LogP contribution in [0.5, 0.6) is 11.5 Å². The van der Waals surface area contributed by atoms with Crippen molar-refractivity contribution in [2.45, 2.75) is 0 Å². The Bertz CT molecular complexity index is 1060. The number of ether oxygens (including phenoxy) is 2. The molecule has 3 rings (SSSR count). The normalized spacial score (nSPS) is 15.2. The smallest absolute Gasteiger partial charge is 0.335 e. The monoisotopic (exact) mass is 429 g/mol. The first-order valence-electron chi connectivity index (χ1n) is 8.48. The zero-order valence-electron chi connectivity index (χ0n) is 15.5. The molecule has 1 aliphatic heterocycles. The number of hydrogen-bond acceptors (Lipinski definition) is 7.